The second-order valence-electron chi connectivity index (χ2n) is 5.07. The summed E-state index contributed by atoms with van der Waals surface area (Å²) in [6, 6.07) is 5.23. The molecule has 2 amide bonds. The molecule has 1 heterocycles. The van der Waals surface area contributed by atoms with Crippen molar-refractivity contribution in [1.29, 1.82) is 0 Å². The van der Waals surface area contributed by atoms with Crippen molar-refractivity contribution >= 4 is 29.3 Å². The van der Waals surface area contributed by atoms with E-state index in [1.54, 1.807) is 19.1 Å². The van der Waals surface area contributed by atoms with Gasteiger partial charge in [-0.2, -0.15) is 0 Å². The Labute approximate surface area is 122 Å². The van der Waals surface area contributed by atoms with Gasteiger partial charge in [-0.3, -0.25) is 9.59 Å². The zero-order valence-electron chi connectivity index (χ0n) is 11.5. The summed E-state index contributed by atoms with van der Waals surface area (Å²) in [6.07, 6.45) is 0.632. The zero-order chi connectivity index (χ0) is 14.8. The minimum Gasteiger partial charge on any atom is -0.394 e. The summed E-state index contributed by atoms with van der Waals surface area (Å²) in [5.74, 6) is 0.0848. The predicted molar refractivity (Wildman–Crippen MR) is 79.0 cm³/mol. The van der Waals surface area contributed by atoms with Crippen molar-refractivity contribution < 1.29 is 14.7 Å². The lowest BCUT2D eigenvalue weighted by atomic mass is 9.99. The smallest absolute Gasteiger partial charge is 0.251 e. The molecule has 2 rings (SSSR count). The molecule has 0 aliphatic carbocycles. The lowest BCUT2D eigenvalue weighted by molar-refractivity contribution is -0.113. The molecule has 0 fully saturated rings. The predicted octanol–water partition coefficient (Wildman–Crippen LogP) is 1.62. The first-order valence-corrected chi connectivity index (χ1v) is 7.46. The number of aliphatic hydroxyl groups excluding tert-OH is 1. The molecule has 0 aromatic heterocycles. The maximum Gasteiger partial charge on any atom is 0.251 e. The van der Waals surface area contributed by atoms with Gasteiger partial charge < -0.3 is 15.7 Å². The highest BCUT2D eigenvalue weighted by atomic mass is 32.2. The molecule has 3 N–H and O–H groups in total. The largest absolute Gasteiger partial charge is 0.394 e. The average Bonchev–Trinajstić information content (AvgIpc) is 2.46. The fraction of sp³-hybridized carbons (Fsp3) is 0.429. The monoisotopic (exact) mass is 294 g/mol. The molecule has 1 unspecified atom stereocenters. The first-order valence-electron chi connectivity index (χ1n) is 6.47. The molecule has 1 aromatic rings. The van der Waals surface area contributed by atoms with E-state index in [2.05, 4.69) is 10.6 Å². The number of carbonyl (C=O) groups is 2. The molecule has 0 spiro atoms. The summed E-state index contributed by atoms with van der Waals surface area (Å²) >= 11 is 1.46. The molecular weight excluding hydrogens is 276 g/mol. The highest BCUT2D eigenvalue weighted by Crippen LogP contribution is 2.32. The number of carbonyl (C=O) groups excluding carboxylic acids is 2. The minimum atomic E-state index is -0.634. The Hall–Kier alpha value is -1.53. The van der Waals surface area contributed by atoms with Gasteiger partial charge in [0.05, 0.1) is 23.6 Å². The summed E-state index contributed by atoms with van der Waals surface area (Å²) in [5.41, 5.74) is 0.506. The fourth-order valence-corrected chi connectivity index (χ4v) is 2.60. The third kappa shape index (κ3) is 3.13. The maximum absolute atomic E-state index is 12.2. The average molecular weight is 294 g/mol. The van der Waals surface area contributed by atoms with Crippen LogP contribution in [0.5, 0.6) is 0 Å². The number of anilines is 1. The number of aliphatic hydroxyl groups is 1. The number of amides is 2. The lowest BCUT2D eigenvalue weighted by Gasteiger charge is -2.27. The number of benzene rings is 1. The molecular formula is C14H18N2O3S. The van der Waals surface area contributed by atoms with E-state index in [1.807, 2.05) is 13.0 Å². The van der Waals surface area contributed by atoms with E-state index in [-0.39, 0.29) is 18.4 Å². The van der Waals surface area contributed by atoms with Crippen LogP contribution in [0.2, 0.25) is 0 Å². The standard InChI is InChI=1S/C14H18N2O3S/c1-3-14(2,8-17)16-13(19)9-4-5-11-10(6-9)15-12(18)7-20-11/h4-6,17H,3,7-8H2,1-2H3,(H,15,18)(H,16,19). The Morgan fingerprint density at radius 1 is 1.55 bits per heavy atom. The summed E-state index contributed by atoms with van der Waals surface area (Å²) < 4.78 is 0. The third-order valence-corrected chi connectivity index (χ3v) is 4.49. The van der Waals surface area contributed by atoms with Gasteiger partial charge in [-0.1, -0.05) is 6.92 Å². The van der Waals surface area contributed by atoms with Gasteiger partial charge in [-0.05, 0) is 31.5 Å². The molecule has 0 saturated carbocycles. The van der Waals surface area contributed by atoms with Crippen LogP contribution in [-0.4, -0.2) is 34.8 Å². The van der Waals surface area contributed by atoms with Crippen LogP contribution in [0.25, 0.3) is 0 Å². The summed E-state index contributed by atoms with van der Waals surface area (Å²) in [5, 5.41) is 14.9. The van der Waals surface area contributed by atoms with Gasteiger partial charge in [-0.15, -0.1) is 11.8 Å². The van der Waals surface area contributed by atoms with Crippen molar-refractivity contribution in [2.24, 2.45) is 0 Å². The summed E-state index contributed by atoms with van der Waals surface area (Å²) in [7, 11) is 0. The number of hydrogen-bond donors (Lipinski definition) is 3. The van der Waals surface area contributed by atoms with Gasteiger partial charge in [0.1, 0.15) is 0 Å². The molecule has 1 aromatic carbocycles. The van der Waals surface area contributed by atoms with Crippen LogP contribution in [0.4, 0.5) is 5.69 Å². The Bertz CT molecular complexity index is 541. The molecule has 5 nitrogen and oxygen atoms in total. The van der Waals surface area contributed by atoms with Crippen molar-refractivity contribution in [2.75, 3.05) is 17.7 Å². The molecule has 1 atom stereocenters. The molecule has 108 valence electrons. The molecule has 0 radical (unpaired) electrons. The fourth-order valence-electron chi connectivity index (χ4n) is 1.81. The second-order valence-corrected chi connectivity index (χ2v) is 6.09. The van der Waals surface area contributed by atoms with Crippen molar-refractivity contribution in [3.63, 3.8) is 0 Å². The summed E-state index contributed by atoms with van der Waals surface area (Å²) in [6.45, 7) is 3.58. The van der Waals surface area contributed by atoms with Gasteiger partial charge in [0.25, 0.3) is 5.91 Å². The maximum atomic E-state index is 12.2. The lowest BCUT2D eigenvalue weighted by Crippen LogP contribution is -2.48. The first kappa shape index (κ1) is 14.9. The Morgan fingerprint density at radius 3 is 2.95 bits per heavy atom. The van der Waals surface area contributed by atoms with E-state index >= 15 is 0 Å². The molecule has 6 heteroatoms. The van der Waals surface area contributed by atoms with Crippen molar-refractivity contribution in [2.45, 2.75) is 30.7 Å². The zero-order valence-corrected chi connectivity index (χ0v) is 12.3. The van der Waals surface area contributed by atoms with Crippen LogP contribution < -0.4 is 10.6 Å². The van der Waals surface area contributed by atoms with Gasteiger partial charge >= 0.3 is 0 Å². The number of hydrogen-bond acceptors (Lipinski definition) is 4. The van der Waals surface area contributed by atoms with E-state index in [0.717, 1.165) is 4.90 Å². The van der Waals surface area contributed by atoms with Crippen LogP contribution in [0.3, 0.4) is 0 Å². The van der Waals surface area contributed by atoms with Crippen molar-refractivity contribution in [3.05, 3.63) is 23.8 Å². The highest BCUT2D eigenvalue weighted by molar-refractivity contribution is 8.00. The Morgan fingerprint density at radius 2 is 2.30 bits per heavy atom. The van der Waals surface area contributed by atoms with Crippen molar-refractivity contribution in [1.82, 2.24) is 5.32 Å². The van der Waals surface area contributed by atoms with Crippen LogP contribution in [0.1, 0.15) is 30.6 Å². The minimum absolute atomic E-state index is 0.0613. The molecule has 0 bridgehead atoms. The highest BCUT2D eigenvalue weighted by Gasteiger charge is 2.24. The normalized spacial score (nSPS) is 16.9. The first-order chi connectivity index (χ1) is 9.47. The number of nitrogens with one attached hydrogen (secondary N) is 2. The van der Waals surface area contributed by atoms with Crippen LogP contribution in [-0.2, 0) is 4.79 Å². The third-order valence-electron chi connectivity index (χ3n) is 3.42. The van der Waals surface area contributed by atoms with E-state index in [9.17, 15) is 14.7 Å². The molecule has 1 aliphatic rings. The Balaban J connectivity index is 2.19. The number of fused-ring (bicyclic) bond motifs is 1. The van der Waals surface area contributed by atoms with Crippen LogP contribution >= 0.6 is 11.8 Å². The number of thioether (sulfide) groups is 1. The van der Waals surface area contributed by atoms with E-state index in [0.29, 0.717) is 23.4 Å². The topological polar surface area (TPSA) is 78.4 Å². The van der Waals surface area contributed by atoms with Crippen molar-refractivity contribution in [3.8, 4) is 0 Å². The molecule has 1 aliphatic heterocycles. The quantitative estimate of drug-likeness (QED) is 0.788. The van der Waals surface area contributed by atoms with Gasteiger partial charge in [0.15, 0.2) is 0 Å². The molecule has 20 heavy (non-hydrogen) atoms. The number of rotatable bonds is 4. The van der Waals surface area contributed by atoms with E-state index in [4.69, 9.17) is 0 Å². The van der Waals surface area contributed by atoms with E-state index in [1.165, 1.54) is 11.8 Å². The SMILES string of the molecule is CCC(C)(CO)NC(=O)c1ccc2c(c1)NC(=O)CS2. The summed E-state index contributed by atoms with van der Waals surface area (Å²) in [4.78, 5) is 24.5. The van der Waals surface area contributed by atoms with Crippen LogP contribution in [0, 0.1) is 0 Å². The second kappa shape index (κ2) is 5.85. The van der Waals surface area contributed by atoms with Gasteiger partial charge in [-0.25, -0.2) is 0 Å². The van der Waals surface area contributed by atoms with Gasteiger partial charge in [0, 0.05) is 10.5 Å². The Kier molecular flexibility index (Phi) is 4.35. The molecule has 0 saturated heterocycles. The van der Waals surface area contributed by atoms with Crippen LogP contribution in [0.15, 0.2) is 23.1 Å². The van der Waals surface area contributed by atoms with Gasteiger partial charge in [0.2, 0.25) is 5.91 Å². The van der Waals surface area contributed by atoms with E-state index < -0.39 is 5.54 Å².